The molecule has 2 nitrogen and oxygen atoms in total. The van der Waals surface area contributed by atoms with E-state index in [-0.39, 0.29) is 18.4 Å². The van der Waals surface area contributed by atoms with Crippen LogP contribution in [0.1, 0.15) is 6.92 Å². The van der Waals surface area contributed by atoms with Gasteiger partial charge in [-0.25, -0.2) is 0 Å². The van der Waals surface area contributed by atoms with Crippen LogP contribution in [0.25, 0.3) is 0 Å². The maximum absolute atomic E-state index is 9.58. The van der Waals surface area contributed by atoms with Crippen molar-refractivity contribution < 1.29 is 7.86 Å². The Kier molecular flexibility index (Phi) is 8.88. The summed E-state index contributed by atoms with van der Waals surface area (Å²) < 4.78 is 4.08. The summed E-state index contributed by atoms with van der Waals surface area (Å²) in [5.41, 5.74) is 0. The van der Waals surface area contributed by atoms with Crippen LogP contribution >= 0.6 is 35.4 Å². The average Bonchev–Trinajstić information content (AvgIpc) is 1.38. The van der Waals surface area contributed by atoms with E-state index in [0.29, 0.717) is 0 Å². The first-order chi connectivity index (χ1) is 2.27. The normalized spacial score (nSPS) is 5.67. The molecule has 0 saturated carbocycles. The zero-order chi connectivity index (χ0) is 4.28. The zero-order valence-corrected chi connectivity index (χ0v) is 6.08. The molecule has 0 atom stereocenters. The average molecular weight is 222 g/mol. The van der Waals surface area contributed by atoms with Crippen LogP contribution in [0.5, 0.6) is 0 Å². The van der Waals surface area contributed by atoms with Crippen LogP contribution in [0.2, 0.25) is 0 Å². The third-order valence-corrected chi connectivity index (χ3v) is 0.729. The Hall–Kier alpha value is 0.490. The summed E-state index contributed by atoms with van der Waals surface area (Å²) in [6, 6.07) is 0. The van der Waals surface area contributed by atoms with Gasteiger partial charge in [-0.05, 0) is 0 Å². The Morgan fingerprint density at radius 3 is 2.00 bits per heavy atom. The van der Waals surface area contributed by atoms with Crippen molar-refractivity contribution in [2.45, 2.75) is 6.92 Å². The molecule has 0 heterocycles. The first-order valence-corrected chi connectivity index (χ1v) is 1.94. The highest BCUT2D eigenvalue weighted by Crippen LogP contribution is 1.82. The van der Waals surface area contributed by atoms with E-state index in [1.54, 1.807) is 0 Å². The van der Waals surface area contributed by atoms with Gasteiger partial charge in [0.2, 0.25) is 0 Å². The lowest BCUT2D eigenvalue weighted by molar-refractivity contribution is -0.128. The third kappa shape index (κ3) is 8.82. The minimum atomic E-state index is -0.259. The molecule has 0 aromatic heterocycles. The Labute approximate surface area is 56.3 Å². The fourth-order valence-corrected chi connectivity index (χ4v) is 0. The van der Waals surface area contributed by atoms with E-state index >= 15 is 0 Å². The van der Waals surface area contributed by atoms with E-state index in [4.69, 9.17) is 0 Å². The first kappa shape index (κ1) is 9.70. The molecule has 0 spiro atoms. The topological polar surface area (TPSA) is 26.3 Å². The molecule has 38 valence electrons. The quantitative estimate of drug-likeness (QED) is 0.578. The Bertz CT molecular complexity index is 46.8. The van der Waals surface area contributed by atoms with Crippen LogP contribution in [-0.4, -0.2) is 5.97 Å². The van der Waals surface area contributed by atoms with Crippen LogP contribution in [0, 0.1) is 0 Å². The number of hydrogen-bond acceptors (Lipinski definition) is 2. The summed E-state index contributed by atoms with van der Waals surface area (Å²) >= 11 is 1.53. The minimum absolute atomic E-state index is 0. The van der Waals surface area contributed by atoms with Crippen molar-refractivity contribution in [3.05, 3.63) is 0 Å². The largest absolute Gasteiger partial charge is 0.395 e. The molecule has 4 heteroatoms. The van der Waals surface area contributed by atoms with Gasteiger partial charge in [-0.15, -0.1) is 12.4 Å². The van der Waals surface area contributed by atoms with Crippen LogP contribution in [-0.2, 0) is 7.86 Å². The Balaban J connectivity index is 0. The van der Waals surface area contributed by atoms with Gasteiger partial charge in [0.25, 0.3) is 0 Å². The van der Waals surface area contributed by atoms with Gasteiger partial charge in [-0.2, -0.15) is 0 Å². The Morgan fingerprint density at radius 2 is 2.00 bits per heavy atom. The van der Waals surface area contributed by atoms with Crippen molar-refractivity contribution in [2.75, 3.05) is 0 Å². The van der Waals surface area contributed by atoms with Gasteiger partial charge in [0.05, 0.1) is 0 Å². The molecular weight excluding hydrogens is 218 g/mol. The lowest BCUT2D eigenvalue weighted by Crippen LogP contribution is -1.81. The number of hydrogen-bond donors (Lipinski definition) is 0. The summed E-state index contributed by atoms with van der Waals surface area (Å²) in [7, 11) is 0. The first-order valence-electron chi connectivity index (χ1n) is 1.06. The molecular formula is C2H4ClIO2. The van der Waals surface area contributed by atoms with E-state index in [1.807, 2.05) is 0 Å². The summed E-state index contributed by atoms with van der Waals surface area (Å²) in [6.07, 6.45) is 0. The fraction of sp³-hybridized carbons (Fsp3) is 0.500. The molecule has 0 aliphatic rings. The standard InChI is InChI=1S/C2H3IO2.ClH/c1-2(4)5-3;/h1H3;1H. The molecule has 0 amide bonds. The molecule has 0 rings (SSSR count). The minimum Gasteiger partial charge on any atom is -0.395 e. The van der Waals surface area contributed by atoms with Crippen LogP contribution in [0.3, 0.4) is 0 Å². The molecule has 0 saturated heterocycles. The van der Waals surface area contributed by atoms with Crippen LogP contribution in [0.4, 0.5) is 0 Å². The van der Waals surface area contributed by atoms with E-state index in [2.05, 4.69) is 3.07 Å². The summed E-state index contributed by atoms with van der Waals surface area (Å²) in [5, 5.41) is 0. The molecule has 0 unspecified atom stereocenters. The molecule has 0 bridgehead atoms. The van der Waals surface area contributed by atoms with E-state index in [1.165, 1.54) is 29.9 Å². The second-order valence-electron chi connectivity index (χ2n) is 0.569. The molecule has 0 N–H and O–H groups in total. The molecule has 0 aromatic rings. The van der Waals surface area contributed by atoms with Crippen molar-refractivity contribution >= 4 is 41.4 Å². The second kappa shape index (κ2) is 5.49. The van der Waals surface area contributed by atoms with Gasteiger partial charge in [0.1, 0.15) is 0 Å². The number of carbonyl (C=O) groups is 1. The lowest BCUT2D eigenvalue weighted by atomic mass is 10.9. The Morgan fingerprint density at radius 1 is 1.83 bits per heavy atom. The second-order valence-corrected chi connectivity index (χ2v) is 1.01. The van der Waals surface area contributed by atoms with Crippen molar-refractivity contribution in [2.24, 2.45) is 0 Å². The van der Waals surface area contributed by atoms with E-state index in [0.717, 1.165) is 0 Å². The zero-order valence-electron chi connectivity index (χ0n) is 3.10. The van der Waals surface area contributed by atoms with Crippen LogP contribution < -0.4 is 0 Å². The maximum atomic E-state index is 9.58. The molecule has 6 heavy (non-hydrogen) atoms. The molecule has 0 aromatic carbocycles. The van der Waals surface area contributed by atoms with Crippen molar-refractivity contribution in [1.82, 2.24) is 0 Å². The van der Waals surface area contributed by atoms with Gasteiger partial charge in [0, 0.05) is 6.92 Å². The van der Waals surface area contributed by atoms with Crippen LogP contribution in [0.15, 0.2) is 0 Å². The van der Waals surface area contributed by atoms with Gasteiger partial charge >= 0.3 is 5.97 Å². The van der Waals surface area contributed by atoms with Crippen molar-refractivity contribution in [1.29, 1.82) is 0 Å². The number of carbonyl (C=O) groups excluding carboxylic acids is 1. The van der Waals surface area contributed by atoms with E-state index < -0.39 is 0 Å². The predicted molar refractivity (Wildman–Crippen MR) is 33.0 cm³/mol. The highest BCUT2D eigenvalue weighted by molar-refractivity contribution is 14.1. The van der Waals surface area contributed by atoms with E-state index in [9.17, 15) is 4.79 Å². The van der Waals surface area contributed by atoms with Gasteiger partial charge < -0.3 is 3.07 Å². The number of halogens is 2. The molecule has 0 fully saturated rings. The van der Waals surface area contributed by atoms with Gasteiger partial charge in [0.15, 0.2) is 23.0 Å². The smallest absolute Gasteiger partial charge is 0.312 e. The SMILES string of the molecule is CC(=O)OI.Cl. The summed E-state index contributed by atoms with van der Waals surface area (Å²) in [4.78, 5) is 9.58. The highest BCUT2D eigenvalue weighted by Gasteiger charge is 1.78. The number of rotatable bonds is 0. The lowest BCUT2D eigenvalue weighted by Gasteiger charge is -1.76. The molecule has 0 aliphatic heterocycles. The molecule has 0 aliphatic carbocycles. The predicted octanol–water partition coefficient (Wildman–Crippen LogP) is 1.32. The third-order valence-electron chi connectivity index (χ3n) is 0.109. The van der Waals surface area contributed by atoms with Crippen molar-refractivity contribution in [3.63, 3.8) is 0 Å². The van der Waals surface area contributed by atoms with Crippen molar-refractivity contribution in [3.8, 4) is 0 Å². The van der Waals surface area contributed by atoms with Gasteiger partial charge in [-0.1, -0.05) is 0 Å². The molecule has 0 radical (unpaired) electrons. The maximum Gasteiger partial charge on any atom is 0.312 e. The summed E-state index contributed by atoms with van der Waals surface area (Å²) in [5.74, 6) is -0.259. The summed E-state index contributed by atoms with van der Waals surface area (Å²) in [6.45, 7) is 1.35. The monoisotopic (exact) mass is 222 g/mol. The van der Waals surface area contributed by atoms with Gasteiger partial charge in [-0.3, -0.25) is 4.79 Å². The fourth-order valence-electron chi connectivity index (χ4n) is 0. The highest BCUT2D eigenvalue weighted by atomic mass is 127.